The molecule has 0 radical (unpaired) electrons. The summed E-state index contributed by atoms with van der Waals surface area (Å²) in [5, 5.41) is 3.51. The Balaban J connectivity index is 2.04. The largest absolute Gasteiger partial charge is 0.369 e. The van der Waals surface area contributed by atoms with E-state index in [-0.39, 0.29) is 0 Å². The molecule has 1 atom stereocenters. The van der Waals surface area contributed by atoms with Crippen molar-refractivity contribution in [3.8, 4) is 0 Å². The summed E-state index contributed by atoms with van der Waals surface area (Å²) in [5.74, 6) is 0. The SMILES string of the molecule is CCNC1CCN(c2ccccc2Br)C1. The van der Waals surface area contributed by atoms with Crippen LogP contribution >= 0.6 is 15.9 Å². The predicted molar refractivity (Wildman–Crippen MR) is 68.4 cm³/mol. The van der Waals surface area contributed by atoms with Gasteiger partial charge in [0.05, 0.1) is 5.69 Å². The first kappa shape index (κ1) is 11.0. The molecule has 1 N–H and O–H groups in total. The third-order valence-electron chi connectivity index (χ3n) is 2.87. The molecule has 1 aliphatic rings. The summed E-state index contributed by atoms with van der Waals surface area (Å²) in [6.45, 7) is 5.51. The van der Waals surface area contributed by atoms with E-state index in [9.17, 15) is 0 Å². The van der Waals surface area contributed by atoms with Gasteiger partial charge in [0.15, 0.2) is 0 Å². The molecular weight excluding hydrogens is 252 g/mol. The Morgan fingerprint density at radius 3 is 3.00 bits per heavy atom. The van der Waals surface area contributed by atoms with Crippen LogP contribution in [0.4, 0.5) is 5.69 Å². The highest BCUT2D eigenvalue weighted by Gasteiger charge is 2.22. The highest BCUT2D eigenvalue weighted by atomic mass is 79.9. The number of nitrogens with zero attached hydrogens (tertiary/aromatic N) is 1. The lowest BCUT2D eigenvalue weighted by Gasteiger charge is -2.20. The fourth-order valence-corrected chi connectivity index (χ4v) is 2.68. The Kier molecular flexibility index (Phi) is 3.65. The molecule has 0 amide bonds. The number of rotatable bonds is 3. The Hall–Kier alpha value is -0.540. The second-order valence-corrected chi connectivity index (χ2v) is 4.80. The van der Waals surface area contributed by atoms with Gasteiger partial charge in [0, 0.05) is 23.6 Å². The van der Waals surface area contributed by atoms with Gasteiger partial charge in [0.25, 0.3) is 0 Å². The van der Waals surface area contributed by atoms with Gasteiger partial charge in [0.1, 0.15) is 0 Å². The molecule has 1 unspecified atom stereocenters. The molecule has 1 aromatic carbocycles. The highest BCUT2D eigenvalue weighted by Crippen LogP contribution is 2.28. The molecule has 2 rings (SSSR count). The summed E-state index contributed by atoms with van der Waals surface area (Å²) in [4.78, 5) is 2.44. The maximum absolute atomic E-state index is 3.60. The standard InChI is InChI=1S/C12H17BrN2/c1-2-14-10-7-8-15(9-10)12-6-4-3-5-11(12)13/h3-6,10,14H,2,7-9H2,1H3. The molecule has 0 spiro atoms. The van der Waals surface area contributed by atoms with Crippen molar-refractivity contribution in [2.24, 2.45) is 0 Å². The van der Waals surface area contributed by atoms with E-state index >= 15 is 0 Å². The number of hydrogen-bond donors (Lipinski definition) is 1. The number of nitrogens with one attached hydrogen (secondary N) is 1. The summed E-state index contributed by atoms with van der Waals surface area (Å²) in [6.07, 6.45) is 1.25. The van der Waals surface area contributed by atoms with Gasteiger partial charge in [-0.05, 0) is 41.0 Å². The monoisotopic (exact) mass is 268 g/mol. The van der Waals surface area contributed by atoms with Crippen molar-refractivity contribution in [3.05, 3.63) is 28.7 Å². The van der Waals surface area contributed by atoms with E-state index in [4.69, 9.17) is 0 Å². The summed E-state index contributed by atoms with van der Waals surface area (Å²) >= 11 is 3.60. The van der Waals surface area contributed by atoms with Crippen LogP contribution in [0, 0.1) is 0 Å². The fraction of sp³-hybridized carbons (Fsp3) is 0.500. The van der Waals surface area contributed by atoms with E-state index in [1.807, 2.05) is 0 Å². The number of likely N-dealkylation sites (N-methyl/N-ethyl adjacent to an activating group) is 1. The second-order valence-electron chi connectivity index (χ2n) is 3.94. The zero-order valence-electron chi connectivity index (χ0n) is 9.04. The first-order valence-corrected chi connectivity index (χ1v) is 6.33. The molecule has 3 heteroatoms. The van der Waals surface area contributed by atoms with E-state index in [1.54, 1.807) is 0 Å². The molecule has 1 aliphatic heterocycles. The molecule has 82 valence electrons. The topological polar surface area (TPSA) is 15.3 Å². The van der Waals surface area contributed by atoms with Gasteiger partial charge in [0.2, 0.25) is 0 Å². The average molecular weight is 269 g/mol. The van der Waals surface area contributed by atoms with Crippen molar-refractivity contribution in [2.45, 2.75) is 19.4 Å². The van der Waals surface area contributed by atoms with Crippen LogP contribution in [0.1, 0.15) is 13.3 Å². The maximum Gasteiger partial charge on any atom is 0.0511 e. The molecule has 1 aromatic rings. The van der Waals surface area contributed by atoms with Gasteiger partial charge < -0.3 is 10.2 Å². The minimum atomic E-state index is 0.655. The molecule has 1 fully saturated rings. The number of halogens is 1. The van der Waals surface area contributed by atoms with Crippen molar-refractivity contribution < 1.29 is 0 Å². The third kappa shape index (κ3) is 2.52. The van der Waals surface area contributed by atoms with Crippen LogP contribution in [0.5, 0.6) is 0 Å². The first-order valence-electron chi connectivity index (χ1n) is 5.54. The molecule has 0 aromatic heterocycles. The van der Waals surface area contributed by atoms with Crippen molar-refractivity contribution in [1.29, 1.82) is 0 Å². The molecule has 0 bridgehead atoms. The Morgan fingerprint density at radius 1 is 1.47 bits per heavy atom. The number of anilines is 1. The summed E-state index contributed by atoms with van der Waals surface area (Å²) < 4.78 is 1.20. The quantitative estimate of drug-likeness (QED) is 0.907. The van der Waals surface area contributed by atoms with Crippen molar-refractivity contribution in [1.82, 2.24) is 5.32 Å². The van der Waals surface area contributed by atoms with Crippen LogP contribution in [0.3, 0.4) is 0 Å². The average Bonchev–Trinajstić information content (AvgIpc) is 2.68. The van der Waals surface area contributed by atoms with E-state index < -0.39 is 0 Å². The molecule has 1 saturated heterocycles. The van der Waals surface area contributed by atoms with Gasteiger partial charge in [-0.2, -0.15) is 0 Å². The first-order chi connectivity index (χ1) is 7.31. The van der Waals surface area contributed by atoms with E-state index in [0.717, 1.165) is 19.6 Å². The smallest absolute Gasteiger partial charge is 0.0511 e. The minimum Gasteiger partial charge on any atom is -0.369 e. The van der Waals surface area contributed by atoms with Crippen molar-refractivity contribution in [3.63, 3.8) is 0 Å². The number of benzene rings is 1. The predicted octanol–water partition coefficient (Wildman–Crippen LogP) is 2.64. The summed E-state index contributed by atoms with van der Waals surface area (Å²) in [5.41, 5.74) is 1.32. The molecular formula is C12H17BrN2. The van der Waals surface area contributed by atoms with Crippen molar-refractivity contribution in [2.75, 3.05) is 24.5 Å². The highest BCUT2D eigenvalue weighted by molar-refractivity contribution is 9.10. The van der Waals surface area contributed by atoms with Gasteiger partial charge >= 0.3 is 0 Å². The Bertz CT molecular complexity index is 327. The molecule has 0 saturated carbocycles. The second kappa shape index (κ2) is 4.99. The van der Waals surface area contributed by atoms with E-state index in [2.05, 4.69) is 57.3 Å². The van der Waals surface area contributed by atoms with E-state index in [0.29, 0.717) is 6.04 Å². The molecule has 1 heterocycles. The van der Waals surface area contributed by atoms with Crippen LogP contribution < -0.4 is 10.2 Å². The van der Waals surface area contributed by atoms with Gasteiger partial charge in [-0.1, -0.05) is 19.1 Å². The lowest BCUT2D eigenvalue weighted by atomic mass is 10.2. The molecule has 2 nitrogen and oxygen atoms in total. The zero-order valence-corrected chi connectivity index (χ0v) is 10.6. The zero-order chi connectivity index (χ0) is 10.7. The Labute approximate surface area is 99.8 Å². The molecule has 15 heavy (non-hydrogen) atoms. The lowest BCUT2D eigenvalue weighted by Crippen LogP contribution is -2.32. The van der Waals surface area contributed by atoms with Gasteiger partial charge in [-0.25, -0.2) is 0 Å². The maximum atomic E-state index is 3.60. The van der Waals surface area contributed by atoms with Crippen LogP contribution in [0.2, 0.25) is 0 Å². The summed E-state index contributed by atoms with van der Waals surface area (Å²) in [6, 6.07) is 9.10. The van der Waals surface area contributed by atoms with Crippen molar-refractivity contribution >= 4 is 21.6 Å². The summed E-state index contributed by atoms with van der Waals surface area (Å²) in [7, 11) is 0. The van der Waals surface area contributed by atoms with Crippen LogP contribution in [0.15, 0.2) is 28.7 Å². The fourth-order valence-electron chi connectivity index (χ4n) is 2.14. The number of hydrogen-bond acceptors (Lipinski definition) is 2. The van der Waals surface area contributed by atoms with Crippen LogP contribution in [-0.2, 0) is 0 Å². The lowest BCUT2D eigenvalue weighted by molar-refractivity contribution is 0.572. The van der Waals surface area contributed by atoms with Crippen LogP contribution in [-0.4, -0.2) is 25.7 Å². The normalized spacial score (nSPS) is 20.9. The van der Waals surface area contributed by atoms with Crippen LogP contribution in [0.25, 0.3) is 0 Å². The third-order valence-corrected chi connectivity index (χ3v) is 3.54. The number of para-hydroxylation sites is 1. The molecule has 0 aliphatic carbocycles. The van der Waals surface area contributed by atoms with Gasteiger partial charge in [-0.3, -0.25) is 0 Å². The Morgan fingerprint density at radius 2 is 2.27 bits per heavy atom. The van der Waals surface area contributed by atoms with Gasteiger partial charge in [-0.15, -0.1) is 0 Å². The minimum absolute atomic E-state index is 0.655. The van der Waals surface area contributed by atoms with E-state index in [1.165, 1.54) is 16.6 Å².